The van der Waals surface area contributed by atoms with Crippen LogP contribution in [0.15, 0.2) is 23.6 Å². The van der Waals surface area contributed by atoms with Gasteiger partial charge in [0.05, 0.1) is 15.6 Å². The topological polar surface area (TPSA) is 48.7 Å². The quantitative estimate of drug-likeness (QED) is 0.888. The van der Waals surface area contributed by atoms with Gasteiger partial charge in [-0.2, -0.15) is 5.26 Å². The summed E-state index contributed by atoms with van der Waals surface area (Å²) in [6, 6.07) is 7.51. The van der Waals surface area contributed by atoms with Crippen molar-refractivity contribution in [2.24, 2.45) is 0 Å². The van der Waals surface area contributed by atoms with E-state index in [2.05, 4.69) is 16.4 Å². The van der Waals surface area contributed by atoms with E-state index in [1.165, 1.54) is 11.3 Å². The fourth-order valence-corrected chi connectivity index (χ4v) is 2.22. The Hall–Kier alpha value is -1.57. The van der Waals surface area contributed by atoms with Gasteiger partial charge >= 0.3 is 0 Å². The summed E-state index contributed by atoms with van der Waals surface area (Å²) in [7, 11) is 1.74. The number of rotatable bonds is 2. The van der Waals surface area contributed by atoms with Crippen molar-refractivity contribution in [1.29, 1.82) is 5.26 Å². The third kappa shape index (κ3) is 2.01. The highest BCUT2D eigenvalue weighted by atomic mass is 35.5. The Morgan fingerprint density at radius 3 is 2.88 bits per heavy atom. The predicted molar refractivity (Wildman–Crippen MR) is 66.8 cm³/mol. The molecule has 3 nitrogen and oxygen atoms in total. The number of nitriles is 1. The number of aromatic nitrogens is 1. The molecule has 1 N–H and O–H groups in total. The normalized spacial score (nSPS) is 9.81. The molecule has 0 radical (unpaired) electrons. The SMILES string of the molecule is CNc1nc(-c2csc(Cl)c2)ccc1C#N. The van der Waals surface area contributed by atoms with Crippen LogP contribution < -0.4 is 5.32 Å². The maximum absolute atomic E-state index is 8.87. The lowest BCUT2D eigenvalue weighted by Crippen LogP contribution is -1.96. The Morgan fingerprint density at radius 2 is 2.31 bits per heavy atom. The van der Waals surface area contributed by atoms with Crippen LogP contribution in [0.2, 0.25) is 4.34 Å². The summed E-state index contributed by atoms with van der Waals surface area (Å²) in [5.41, 5.74) is 2.31. The summed E-state index contributed by atoms with van der Waals surface area (Å²) in [6.07, 6.45) is 0. The molecule has 0 saturated heterocycles. The lowest BCUT2D eigenvalue weighted by atomic mass is 10.2. The third-order valence-electron chi connectivity index (χ3n) is 2.12. The number of anilines is 1. The second-order valence-electron chi connectivity index (χ2n) is 3.09. The first-order valence-electron chi connectivity index (χ1n) is 4.58. The van der Waals surface area contributed by atoms with Gasteiger partial charge in [0.15, 0.2) is 0 Å². The summed E-state index contributed by atoms with van der Waals surface area (Å²) in [4.78, 5) is 4.36. The molecular weight excluding hydrogens is 242 g/mol. The number of hydrogen-bond donors (Lipinski definition) is 1. The molecule has 0 aromatic carbocycles. The summed E-state index contributed by atoms with van der Waals surface area (Å²) >= 11 is 7.33. The molecule has 0 bridgehead atoms. The number of hydrogen-bond acceptors (Lipinski definition) is 4. The second-order valence-corrected chi connectivity index (χ2v) is 4.64. The number of nitrogens with zero attached hydrogens (tertiary/aromatic N) is 2. The van der Waals surface area contributed by atoms with Crippen molar-refractivity contribution in [3.05, 3.63) is 33.5 Å². The van der Waals surface area contributed by atoms with Crippen molar-refractivity contribution in [3.8, 4) is 17.3 Å². The van der Waals surface area contributed by atoms with Gasteiger partial charge in [0.2, 0.25) is 0 Å². The first-order valence-corrected chi connectivity index (χ1v) is 5.83. The first-order chi connectivity index (χ1) is 7.74. The molecule has 0 amide bonds. The van der Waals surface area contributed by atoms with Crippen molar-refractivity contribution >= 4 is 28.8 Å². The highest BCUT2D eigenvalue weighted by Gasteiger charge is 2.07. The van der Waals surface area contributed by atoms with Crippen LogP contribution in [0.25, 0.3) is 11.3 Å². The van der Waals surface area contributed by atoms with Gasteiger partial charge < -0.3 is 5.32 Å². The molecule has 2 aromatic rings. The summed E-state index contributed by atoms with van der Waals surface area (Å²) < 4.78 is 0.729. The van der Waals surface area contributed by atoms with Gasteiger partial charge in [0.25, 0.3) is 0 Å². The molecule has 2 rings (SSSR count). The van der Waals surface area contributed by atoms with Crippen molar-refractivity contribution in [1.82, 2.24) is 4.98 Å². The highest BCUT2D eigenvalue weighted by molar-refractivity contribution is 7.14. The van der Waals surface area contributed by atoms with Crippen LogP contribution >= 0.6 is 22.9 Å². The average Bonchev–Trinajstić information content (AvgIpc) is 2.75. The first kappa shape index (κ1) is 10.9. The van der Waals surface area contributed by atoms with Crippen molar-refractivity contribution in [3.63, 3.8) is 0 Å². The predicted octanol–water partition coefficient (Wildman–Crippen LogP) is 3.38. The molecule has 0 aliphatic rings. The maximum atomic E-state index is 8.87. The zero-order valence-electron chi connectivity index (χ0n) is 8.49. The summed E-state index contributed by atoms with van der Waals surface area (Å²) in [5.74, 6) is 0.585. The van der Waals surface area contributed by atoms with Gasteiger partial charge in [-0.15, -0.1) is 11.3 Å². The Labute approximate surface area is 102 Å². The Bertz CT molecular complexity index is 557. The smallest absolute Gasteiger partial charge is 0.144 e. The van der Waals surface area contributed by atoms with Crippen LogP contribution in [0.3, 0.4) is 0 Å². The molecule has 2 heterocycles. The lowest BCUT2D eigenvalue weighted by molar-refractivity contribution is 1.27. The molecule has 0 fully saturated rings. The lowest BCUT2D eigenvalue weighted by Gasteiger charge is -2.04. The molecule has 80 valence electrons. The number of pyridine rings is 1. The minimum absolute atomic E-state index is 0.535. The van der Waals surface area contributed by atoms with Gasteiger partial charge in [0, 0.05) is 18.0 Å². The standard InChI is InChI=1S/C11H8ClN3S/c1-14-11-7(5-13)2-3-9(15-11)8-4-10(12)16-6-8/h2-4,6H,1H3,(H,14,15). The van der Waals surface area contributed by atoms with E-state index >= 15 is 0 Å². The second kappa shape index (κ2) is 4.52. The molecular formula is C11H8ClN3S. The van der Waals surface area contributed by atoms with E-state index in [1.807, 2.05) is 17.5 Å². The molecule has 0 aliphatic carbocycles. The van der Waals surface area contributed by atoms with Crippen molar-refractivity contribution in [2.45, 2.75) is 0 Å². The van der Waals surface area contributed by atoms with Crippen LogP contribution in [0.4, 0.5) is 5.82 Å². The fraction of sp³-hybridized carbons (Fsp3) is 0.0909. The largest absolute Gasteiger partial charge is 0.372 e. The fourth-order valence-electron chi connectivity index (χ4n) is 1.35. The average molecular weight is 250 g/mol. The van der Waals surface area contributed by atoms with E-state index in [4.69, 9.17) is 16.9 Å². The number of halogens is 1. The van der Waals surface area contributed by atoms with Gasteiger partial charge in [0.1, 0.15) is 11.9 Å². The van der Waals surface area contributed by atoms with Gasteiger partial charge in [-0.1, -0.05) is 11.6 Å². The summed E-state index contributed by atoms with van der Waals surface area (Å²) in [5, 5.41) is 13.7. The Morgan fingerprint density at radius 1 is 1.50 bits per heavy atom. The number of thiophene rings is 1. The van der Waals surface area contributed by atoms with Gasteiger partial charge in [-0.3, -0.25) is 0 Å². The van der Waals surface area contributed by atoms with Crippen LogP contribution in [0.1, 0.15) is 5.56 Å². The minimum Gasteiger partial charge on any atom is -0.372 e. The van der Waals surface area contributed by atoms with Crippen LogP contribution in [0.5, 0.6) is 0 Å². The van der Waals surface area contributed by atoms with Crippen molar-refractivity contribution < 1.29 is 0 Å². The molecule has 0 spiro atoms. The Balaban J connectivity index is 2.48. The van der Waals surface area contributed by atoms with Crippen molar-refractivity contribution in [2.75, 3.05) is 12.4 Å². The monoisotopic (exact) mass is 249 g/mol. The van der Waals surface area contributed by atoms with Gasteiger partial charge in [-0.25, -0.2) is 4.98 Å². The highest BCUT2D eigenvalue weighted by Crippen LogP contribution is 2.28. The summed E-state index contributed by atoms with van der Waals surface area (Å²) in [6.45, 7) is 0. The van der Waals surface area contributed by atoms with E-state index in [1.54, 1.807) is 13.1 Å². The van der Waals surface area contributed by atoms with E-state index in [9.17, 15) is 0 Å². The molecule has 0 unspecified atom stereocenters. The molecule has 0 saturated carbocycles. The minimum atomic E-state index is 0.535. The van der Waals surface area contributed by atoms with Crippen LogP contribution in [-0.2, 0) is 0 Å². The molecule has 0 atom stereocenters. The molecule has 2 aromatic heterocycles. The zero-order chi connectivity index (χ0) is 11.5. The number of nitrogens with one attached hydrogen (secondary N) is 1. The Kier molecular flexibility index (Phi) is 3.09. The molecule has 0 aliphatic heterocycles. The van der Waals surface area contributed by atoms with E-state index in [0.717, 1.165) is 15.6 Å². The molecule has 5 heteroatoms. The zero-order valence-corrected chi connectivity index (χ0v) is 10.1. The van der Waals surface area contributed by atoms with E-state index < -0.39 is 0 Å². The third-order valence-corrected chi connectivity index (χ3v) is 3.21. The van der Waals surface area contributed by atoms with E-state index in [0.29, 0.717) is 11.4 Å². The van der Waals surface area contributed by atoms with Crippen LogP contribution in [-0.4, -0.2) is 12.0 Å². The maximum Gasteiger partial charge on any atom is 0.144 e. The van der Waals surface area contributed by atoms with Gasteiger partial charge in [-0.05, 0) is 18.2 Å². The molecule has 16 heavy (non-hydrogen) atoms. The van der Waals surface area contributed by atoms with Crippen LogP contribution in [0, 0.1) is 11.3 Å². The van der Waals surface area contributed by atoms with E-state index in [-0.39, 0.29) is 0 Å².